The molecule has 0 fully saturated rings. The lowest BCUT2D eigenvalue weighted by Crippen LogP contribution is -2.35. The van der Waals surface area contributed by atoms with Gasteiger partial charge in [-0.1, -0.05) is 35.9 Å². The molecule has 0 spiro atoms. The number of amides is 1. The quantitative estimate of drug-likeness (QED) is 0.728. The van der Waals surface area contributed by atoms with Crippen molar-refractivity contribution in [3.63, 3.8) is 0 Å². The molecule has 2 aromatic heterocycles. The summed E-state index contributed by atoms with van der Waals surface area (Å²) in [7, 11) is 1.68. The van der Waals surface area contributed by atoms with Crippen molar-refractivity contribution in [1.29, 1.82) is 0 Å². The van der Waals surface area contributed by atoms with E-state index in [0.29, 0.717) is 0 Å². The maximum atomic E-state index is 12.1. The fraction of sp³-hybridized carbons (Fsp3) is 0.222. The van der Waals surface area contributed by atoms with Gasteiger partial charge in [-0.3, -0.25) is 10.2 Å². The molecule has 5 nitrogen and oxygen atoms in total. The number of carbonyl (C=O) groups is 1. The van der Waals surface area contributed by atoms with Crippen LogP contribution < -0.4 is 10.9 Å². The first kappa shape index (κ1) is 15.2. The molecule has 0 radical (unpaired) electrons. The number of imidazole rings is 1. The average molecular weight is 308 g/mol. The van der Waals surface area contributed by atoms with E-state index >= 15 is 0 Å². The van der Waals surface area contributed by atoms with Crippen molar-refractivity contribution in [2.75, 3.05) is 7.05 Å². The number of hydrazine groups is 1. The van der Waals surface area contributed by atoms with Crippen molar-refractivity contribution in [3.8, 4) is 11.3 Å². The number of aromatic nitrogens is 2. The number of carbonyl (C=O) groups excluding carboxylic acids is 1. The fourth-order valence-corrected chi connectivity index (χ4v) is 2.65. The van der Waals surface area contributed by atoms with Gasteiger partial charge >= 0.3 is 0 Å². The summed E-state index contributed by atoms with van der Waals surface area (Å²) in [5.41, 5.74) is 11.2. The highest BCUT2D eigenvalue weighted by Gasteiger charge is 2.17. The number of rotatable bonds is 4. The summed E-state index contributed by atoms with van der Waals surface area (Å²) in [6, 6.07) is 12.2. The highest BCUT2D eigenvalue weighted by molar-refractivity contribution is 5.81. The zero-order valence-electron chi connectivity index (χ0n) is 13.6. The van der Waals surface area contributed by atoms with Crippen molar-refractivity contribution in [1.82, 2.24) is 20.2 Å². The lowest BCUT2D eigenvalue weighted by atomic mass is 10.1. The number of nitrogens with zero attached hydrogens (tertiary/aromatic N) is 2. The summed E-state index contributed by atoms with van der Waals surface area (Å²) in [5.74, 6) is -0.0934. The molecule has 0 aliphatic heterocycles. The van der Waals surface area contributed by atoms with E-state index in [0.717, 1.165) is 28.2 Å². The summed E-state index contributed by atoms with van der Waals surface area (Å²) in [6.07, 6.45) is 2.27. The van der Waals surface area contributed by atoms with Gasteiger partial charge in [-0.25, -0.2) is 10.4 Å². The van der Waals surface area contributed by atoms with E-state index < -0.39 is 0 Å². The van der Waals surface area contributed by atoms with Gasteiger partial charge < -0.3 is 4.40 Å². The Bertz CT molecular complexity index is 849. The van der Waals surface area contributed by atoms with E-state index in [9.17, 15) is 4.79 Å². The molecule has 0 saturated heterocycles. The van der Waals surface area contributed by atoms with Crippen molar-refractivity contribution in [2.24, 2.45) is 0 Å². The van der Waals surface area contributed by atoms with Crippen molar-refractivity contribution in [2.45, 2.75) is 20.3 Å². The van der Waals surface area contributed by atoms with Crippen LogP contribution in [-0.4, -0.2) is 22.3 Å². The largest absolute Gasteiger partial charge is 0.303 e. The van der Waals surface area contributed by atoms with Crippen LogP contribution >= 0.6 is 0 Å². The van der Waals surface area contributed by atoms with E-state index in [2.05, 4.69) is 29.9 Å². The van der Waals surface area contributed by atoms with Gasteiger partial charge in [0, 0.05) is 18.8 Å². The van der Waals surface area contributed by atoms with Crippen LogP contribution in [0.25, 0.3) is 16.9 Å². The Morgan fingerprint density at radius 2 is 1.78 bits per heavy atom. The molecule has 3 aromatic rings. The second-order valence-electron chi connectivity index (χ2n) is 5.68. The molecule has 0 saturated carbocycles. The Hall–Kier alpha value is -2.66. The minimum Gasteiger partial charge on any atom is -0.303 e. The molecule has 23 heavy (non-hydrogen) atoms. The Morgan fingerprint density at radius 1 is 1.09 bits per heavy atom. The lowest BCUT2D eigenvalue weighted by molar-refractivity contribution is -0.121. The average Bonchev–Trinajstić information content (AvgIpc) is 2.86. The van der Waals surface area contributed by atoms with Gasteiger partial charge in [0.15, 0.2) is 0 Å². The SMILES string of the molecule is CNNC(=O)Cc1c(-c2ccc(C)cc2)nc2ccc(C)cn12. The van der Waals surface area contributed by atoms with Crippen molar-refractivity contribution < 1.29 is 4.79 Å². The van der Waals surface area contributed by atoms with Crippen molar-refractivity contribution in [3.05, 3.63) is 59.4 Å². The number of hydrogen-bond donors (Lipinski definition) is 2. The lowest BCUT2D eigenvalue weighted by Gasteiger charge is -2.07. The molecular weight excluding hydrogens is 288 g/mol. The van der Waals surface area contributed by atoms with Gasteiger partial charge in [0.2, 0.25) is 5.91 Å². The first-order valence-corrected chi connectivity index (χ1v) is 7.58. The maximum Gasteiger partial charge on any atom is 0.240 e. The minimum absolute atomic E-state index is 0.0934. The molecule has 1 amide bonds. The molecule has 1 aromatic carbocycles. The number of pyridine rings is 1. The van der Waals surface area contributed by atoms with Crippen LogP contribution in [-0.2, 0) is 11.2 Å². The maximum absolute atomic E-state index is 12.1. The predicted molar refractivity (Wildman–Crippen MR) is 91.0 cm³/mol. The highest BCUT2D eigenvalue weighted by atomic mass is 16.2. The normalized spacial score (nSPS) is 10.9. The standard InChI is InChI=1S/C18H20N4O/c1-12-4-7-14(8-5-12)18-15(10-17(23)21-19-3)22-11-13(2)6-9-16(22)20-18/h4-9,11,19H,10H2,1-3H3,(H,21,23). The Labute approximate surface area is 135 Å². The van der Waals surface area contributed by atoms with Crippen LogP contribution in [0.3, 0.4) is 0 Å². The van der Waals surface area contributed by atoms with Crippen LogP contribution in [0.5, 0.6) is 0 Å². The zero-order chi connectivity index (χ0) is 16.4. The van der Waals surface area contributed by atoms with Crippen LogP contribution in [0.1, 0.15) is 16.8 Å². The molecule has 0 aliphatic rings. The van der Waals surface area contributed by atoms with Crippen LogP contribution in [0.15, 0.2) is 42.6 Å². The third kappa shape index (κ3) is 3.10. The number of hydrogen-bond acceptors (Lipinski definition) is 3. The molecular formula is C18H20N4O. The van der Waals surface area contributed by atoms with Gasteiger partial charge in [0.25, 0.3) is 0 Å². The van der Waals surface area contributed by atoms with Crippen molar-refractivity contribution >= 4 is 11.6 Å². The number of fused-ring (bicyclic) bond motifs is 1. The second kappa shape index (κ2) is 6.22. The van der Waals surface area contributed by atoms with Gasteiger partial charge in [-0.15, -0.1) is 0 Å². The van der Waals surface area contributed by atoms with Crippen LogP contribution in [0.2, 0.25) is 0 Å². The van der Waals surface area contributed by atoms with Gasteiger partial charge in [-0.05, 0) is 25.5 Å². The van der Waals surface area contributed by atoms with E-state index in [-0.39, 0.29) is 12.3 Å². The molecule has 118 valence electrons. The van der Waals surface area contributed by atoms with E-state index in [1.807, 2.05) is 41.8 Å². The molecule has 0 unspecified atom stereocenters. The van der Waals surface area contributed by atoms with E-state index in [1.165, 1.54) is 5.56 Å². The van der Waals surface area contributed by atoms with E-state index in [1.54, 1.807) is 7.05 Å². The highest BCUT2D eigenvalue weighted by Crippen LogP contribution is 2.25. The van der Waals surface area contributed by atoms with Gasteiger partial charge in [-0.2, -0.15) is 0 Å². The summed E-state index contributed by atoms with van der Waals surface area (Å²) in [6.45, 7) is 4.08. The second-order valence-corrected chi connectivity index (χ2v) is 5.68. The first-order chi connectivity index (χ1) is 11.1. The minimum atomic E-state index is -0.0934. The predicted octanol–water partition coefficient (Wildman–Crippen LogP) is 2.41. The molecule has 2 heterocycles. The summed E-state index contributed by atoms with van der Waals surface area (Å²) >= 11 is 0. The van der Waals surface area contributed by atoms with Crippen LogP contribution in [0.4, 0.5) is 0 Å². The first-order valence-electron chi connectivity index (χ1n) is 7.58. The molecule has 0 atom stereocenters. The fourth-order valence-electron chi connectivity index (χ4n) is 2.65. The molecule has 0 aliphatic carbocycles. The molecule has 5 heteroatoms. The zero-order valence-corrected chi connectivity index (χ0v) is 13.6. The third-order valence-electron chi connectivity index (χ3n) is 3.78. The number of aryl methyl sites for hydroxylation is 2. The molecule has 3 rings (SSSR count). The van der Waals surface area contributed by atoms with Gasteiger partial charge in [0.05, 0.1) is 17.8 Å². The molecule has 0 bridgehead atoms. The Morgan fingerprint density at radius 3 is 2.48 bits per heavy atom. The third-order valence-corrected chi connectivity index (χ3v) is 3.78. The van der Waals surface area contributed by atoms with Gasteiger partial charge in [0.1, 0.15) is 5.65 Å². The molecule has 2 N–H and O–H groups in total. The smallest absolute Gasteiger partial charge is 0.240 e. The summed E-state index contributed by atoms with van der Waals surface area (Å²) in [4.78, 5) is 16.8. The number of nitrogens with one attached hydrogen (secondary N) is 2. The van der Waals surface area contributed by atoms with E-state index in [4.69, 9.17) is 4.98 Å². The van der Waals surface area contributed by atoms with Crippen LogP contribution in [0, 0.1) is 13.8 Å². The Balaban J connectivity index is 2.15. The Kier molecular flexibility index (Phi) is 4.12. The summed E-state index contributed by atoms with van der Waals surface area (Å²) in [5, 5.41) is 0. The monoisotopic (exact) mass is 308 g/mol. The topological polar surface area (TPSA) is 58.4 Å². The number of benzene rings is 1. The summed E-state index contributed by atoms with van der Waals surface area (Å²) < 4.78 is 2.00.